The summed E-state index contributed by atoms with van der Waals surface area (Å²) in [5.74, 6) is 0.0847. The number of nitriles is 1. The Morgan fingerprint density at radius 3 is 2.52 bits per heavy atom. The van der Waals surface area contributed by atoms with E-state index in [0.717, 1.165) is 10.0 Å². The number of nitrogens with two attached hydrogens (primary N) is 1. The SMILES string of the molecule is N#Cc1c(-c2cccc(Br)c2)cc(-c2cccc([N+](=O)[O-])c2)nc1N. The van der Waals surface area contributed by atoms with Gasteiger partial charge in [-0.05, 0) is 23.8 Å². The van der Waals surface area contributed by atoms with Gasteiger partial charge in [0, 0.05) is 27.7 Å². The van der Waals surface area contributed by atoms with Crippen LogP contribution in [0.4, 0.5) is 11.5 Å². The highest BCUT2D eigenvalue weighted by molar-refractivity contribution is 9.10. The molecule has 2 N–H and O–H groups in total. The van der Waals surface area contributed by atoms with Crippen LogP contribution in [0.3, 0.4) is 0 Å². The van der Waals surface area contributed by atoms with Crippen molar-refractivity contribution in [2.24, 2.45) is 0 Å². The molecule has 0 saturated heterocycles. The molecule has 122 valence electrons. The molecule has 25 heavy (non-hydrogen) atoms. The topological polar surface area (TPSA) is 106 Å². The first kappa shape index (κ1) is 16.6. The molecule has 0 aliphatic heterocycles. The van der Waals surface area contributed by atoms with Gasteiger partial charge in [0.15, 0.2) is 0 Å². The molecule has 3 aromatic rings. The number of hydrogen-bond donors (Lipinski definition) is 1. The normalized spacial score (nSPS) is 10.2. The first-order valence-corrected chi connectivity index (χ1v) is 8.00. The fourth-order valence-corrected chi connectivity index (χ4v) is 2.89. The number of hydrogen-bond acceptors (Lipinski definition) is 5. The van der Waals surface area contributed by atoms with Crippen molar-refractivity contribution in [1.29, 1.82) is 5.26 Å². The number of non-ortho nitro benzene ring substituents is 1. The second kappa shape index (κ2) is 6.71. The average Bonchev–Trinajstić information content (AvgIpc) is 2.61. The van der Waals surface area contributed by atoms with E-state index >= 15 is 0 Å². The van der Waals surface area contributed by atoms with E-state index in [1.807, 2.05) is 24.3 Å². The Kier molecular flexibility index (Phi) is 4.46. The van der Waals surface area contributed by atoms with Gasteiger partial charge < -0.3 is 5.73 Å². The quantitative estimate of drug-likeness (QED) is 0.518. The number of benzene rings is 2. The van der Waals surface area contributed by atoms with Gasteiger partial charge in [-0.1, -0.05) is 40.2 Å². The highest BCUT2D eigenvalue weighted by atomic mass is 79.9. The zero-order chi connectivity index (χ0) is 18.0. The lowest BCUT2D eigenvalue weighted by atomic mass is 9.98. The number of anilines is 1. The summed E-state index contributed by atoms with van der Waals surface area (Å²) in [5, 5.41) is 20.4. The minimum absolute atomic E-state index is 0.0359. The summed E-state index contributed by atoms with van der Waals surface area (Å²) >= 11 is 3.41. The summed E-state index contributed by atoms with van der Waals surface area (Å²) in [7, 11) is 0. The van der Waals surface area contributed by atoms with Crippen molar-refractivity contribution in [3.63, 3.8) is 0 Å². The Labute approximate surface area is 151 Å². The second-order valence-corrected chi connectivity index (χ2v) is 6.16. The Morgan fingerprint density at radius 1 is 1.12 bits per heavy atom. The average molecular weight is 395 g/mol. The number of nitro benzene ring substituents is 1. The first-order valence-electron chi connectivity index (χ1n) is 7.21. The van der Waals surface area contributed by atoms with Crippen molar-refractivity contribution < 1.29 is 4.92 Å². The van der Waals surface area contributed by atoms with Crippen molar-refractivity contribution >= 4 is 27.4 Å². The summed E-state index contributed by atoms with van der Waals surface area (Å²) in [6, 6.07) is 17.4. The molecule has 6 nitrogen and oxygen atoms in total. The van der Waals surface area contributed by atoms with Crippen LogP contribution in [0.25, 0.3) is 22.4 Å². The van der Waals surface area contributed by atoms with E-state index in [9.17, 15) is 15.4 Å². The van der Waals surface area contributed by atoms with Crippen LogP contribution in [-0.4, -0.2) is 9.91 Å². The largest absolute Gasteiger partial charge is 0.383 e. The van der Waals surface area contributed by atoms with E-state index in [2.05, 4.69) is 27.0 Å². The summed E-state index contributed by atoms with van der Waals surface area (Å²) in [4.78, 5) is 14.8. The molecule has 0 atom stereocenters. The number of aromatic nitrogens is 1. The molecule has 7 heteroatoms. The Bertz CT molecular complexity index is 1030. The maximum absolute atomic E-state index is 11.0. The molecule has 2 aromatic carbocycles. The molecule has 0 bridgehead atoms. The third-order valence-electron chi connectivity index (χ3n) is 3.65. The van der Waals surface area contributed by atoms with E-state index in [4.69, 9.17) is 5.73 Å². The smallest absolute Gasteiger partial charge is 0.270 e. The molecule has 0 fully saturated rings. The maximum Gasteiger partial charge on any atom is 0.270 e. The summed E-state index contributed by atoms with van der Waals surface area (Å²) in [6.07, 6.45) is 0. The third-order valence-corrected chi connectivity index (χ3v) is 4.14. The number of nitrogens with zero attached hydrogens (tertiary/aromatic N) is 3. The Hall–Kier alpha value is -3.24. The van der Waals surface area contributed by atoms with Crippen LogP contribution < -0.4 is 5.73 Å². The minimum Gasteiger partial charge on any atom is -0.383 e. The first-order chi connectivity index (χ1) is 12.0. The van der Waals surface area contributed by atoms with E-state index in [-0.39, 0.29) is 17.1 Å². The van der Waals surface area contributed by atoms with Crippen LogP contribution in [0, 0.1) is 21.4 Å². The van der Waals surface area contributed by atoms with Gasteiger partial charge in [0.2, 0.25) is 0 Å². The zero-order valence-electron chi connectivity index (χ0n) is 12.8. The predicted octanol–water partition coefficient (Wildman–Crippen LogP) is 4.54. The number of halogens is 1. The molecule has 0 amide bonds. The number of nitrogen functional groups attached to an aromatic ring is 1. The van der Waals surface area contributed by atoms with Crippen LogP contribution in [-0.2, 0) is 0 Å². The lowest BCUT2D eigenvalue weighted by Crippen LogP contribution is -2.00. The van der Waals surface area contributed by atoms with Crippen LogP contribution in [0.15, 0.2) is 59.1 Å². The van der Waals surface area contributed by atoms with Crippen molar-refractivity contribution in [3.8, 4) is 28.5 Å². The van der Waals surface area contributed by atoms with E-state index < -0.39 is 4.92 Å². The maximum atomic E-state index is 11.0. The molecular formula is C18H11BrN4O2. The molecule has 1 aromatic heterocycles. The van der Waals surface area contributed by atoms with Crippen LogP contribution in [0.2, 0.25) is 0 Å². The molecule has 0 radical (unpaired) electrons. The Balaban J connectivity index is 2.22. The molecule has 0 spiro atoms. The summed E-state index contributed by atoms with van der Waals surface area (Å²) in [5.41, 5.74) is 8.64. The van der Waals surface area contributed by atoms with Gasteiger partial charge >= 0.3 is 0 Å². The molecule has 0 aliphatic rings. The van der Waals surface area contributed by atoms with Gasteiger partial charge in [-0.2, -0.15) is 5.26 Å². The molecule has 0 unspecified atom stereocenters. The summed E-state index contributed by atoms with van der Waals surface area (Å²) < 4.78 is 0.862. The standard InChI is InChI=1S/C18H11BrN4O2/c19-13-5-1-3-11(7-13)15-9-17(22-18(21)16(15)10-20)12-4-2-6-14(8-12)23(24)25/h1-9H,(H2,21,22). The second-order valence-electron chi connectivity index (χ2n) is 5.24. The highest BCUT2D eigenvalue weighted by Crippen LogP contribution is 2.33. The zero-order valence-corrected chi connectivity index (χ0v) is 14.4. The molecule has 3 rings (SSSR count). The molecule has 1 heterocycles. The monoisotopic (exact) mass is 394 g/mol. The predicted molar refractivity (Wildman–Crippen MR) is 98.6 cm³/mol. The van der Waals surface area contributed by atoms with Crippen LogP contribution in [0.5, 0.6) is 0 Å². The number of rotatable bonds is 3. The van der Waals surface area contributed by atoms with Crippen molar-refractivity contribution in [2.45, 2.75) is 0 Å². The van der Waals surface area contributed by atoms with Crippen molar-refractivity contribution in [2.75, 3.05) is 5.73 Å². The number of pyridine rings is 1. The third kappa shape index (κ3) is 3.34. The number of nitro groups is 1. The lowest BCUT2D eigenvalue weighted by Gasteiger charge is -2.10. The van der Waals surface area contributed by atoms with Gasteiger partial charge in [0.05, 0.1) is 10.6 Å². The van der Waals surface area contributed by atoms with Gasteiger partial charge in [0.1, 0.15) is 17.5 Å². The van der Waals surface area contributed by atoms with Gasteiger partial charge in [-0.25, -0.2) is 4.98 Å². The van der Waals surface area contributed by atoms with E-state index in [0.29, 0.717) is 16.8 Å². The molecule has 0 saturated carbocycles. The fourth-order valence-electron chi connectivity index (χ4n) is 2.49. The van der Waals surface area contributed by atoms with Crippen molar-refractivity contribution in [1.82, 2.24) is 4.98 Å². The van der Waals surface area contributed by atoms with Crippen LogP contribution >= 0.6 is 15.9 Å². The van der Waals surface area contributed by atoms with Crippen LogP contribution in [0.1, 0.15) is 5.56 Å². The van der Waals surface area contributed by atoms with E-state index in [1.54, 1.807) is 18.2 Å². The molecular weight excluding hydrogens is 384 g/mol. The van der Waals surface area contributed by atoms with Gasteiger partial charge in [0.25, 0.3) is 5.69 Å². The molecule has 0 aliphatic carbocycles. The van der Waals surface area contributed by atoms with Crippen molar-refractivity contribution in [3.05, 3.63) is 74.7 Å². The Morgan fingerprint density at radius 2 is 1.84 bits per heavy atom. The minimum atomic E-state index is -0.467. The van der Waals surface area contributed by atoms with E-state index in [1.165, 1.54) is 12.1 Å². The highest BCUT2D eigenvalue weighted by Gasteiger charge is 2.15. The summed E-state index contributed by atoms with van der Waals surface area (Å²) in [6.45, 7) is 0. The van der Waals surface area contributed by atoms with Gasteiger partial charge in [-0.3, -0.25) is 10.1 Å². The fraction of sp³-hybridized carbons (Fsp3) is 0. The van der Waals surface area contributed by atoms with Gasteiger partial charge in [-0.15, -0.1) is 0 Å². The lowest BCUT2D eigenvalue weighted by molar-refractivity contribution is -0.384.